The maximum atomic E-state index is 5.45. The van der Waals surface area contributed by atoms with Crippen LogP contribution in [0.5, 0.6) is 0 Å². The molecule has 1 aliphatic rings. The van der Waals surface area contributed by atoms with Crippen LogP contribution in [0.2, 0.25) is 0 Å². The van der Waals surface area contributed by atoms with E-state index in [0.29, 0.717) is 6.04 Å². The van der Waals surface area contributed by atoms with Gasteiger partial charge in [0.1, 0.15) is 0 Å². The third-order valence-electron chi connectivity index (χ3n) is 2.76. The first-order valence-corrected chi connectivity index (χ1v) is 7.02. The van der Waals surface area contributed by atoms with Crippen LogP contribution >= 0.6 is 11.8 Å². The highest BCUT2D eigenvalue weighted by atomic mass is 32.2. The summed E-state index contributed by atoms with van der Waals surface area (Å²) in [5.74, 6) is 2.01. The predicted molar refractivity (Wildman–Crippen MR) is 64.0 cm³/mol. The van der Waals surface area contributed by atoms with Gasteiger partial charge in [0.15, 0.2) is 0 Å². The maximum absolute atomic E-state index is 5.45. The summed E-state index contributed by atoms with van der Waals surface area (Å²) in [4.78, 5) is 0. The minimum atomic E-state index is 0.657. The molecule has 1 fully saturated rings. The Morgan fingerprint density at radius 2 is 2.43 bits per heavy atom. The molecule has 1 N–H and O–H groups in total. The molecule has 2 nitrogen and oxygen atoms in total. The second kappa shape index (κ2) is 7.55. The van der Waals surface area contributed by atoms with Crippen LogP contribution < -0.4 is 5.32 Å². The maximum Gasteiger partial charge on any atom is 0.0506 e. The van der Waals surface area contributed by atoms with E-state index in [1.807, 2.05) is 11.8 Å². The lowest BCUT2D eigenvalue weighted by molar-refractivity contribution is 0.0540. The lowest BCUT2D eigenvalue weighted by Crippen LogP contribution is -2.34. The molecule has 0 aliphatic carbocycles. The van der Waals surface area contributed by atoms with Crippen molar-refractivity contribution in [2.24, 2.45) is 5.92 Å². The lowest BCUT2D eigenvalue weighted by Gasteiger charge is -2.24. The topological polar surface area (TPSA) is 21.3 Å². The van der Waals surface area contributed by atoms with Crippen LogP contribution in [0.3, 0.4) is 0 Å². The highest BCUT2D eigenvalue weighted by Gasteiger charge is 2.14. The van der Waals surface area contributed by atoms with Crippen molar-refractivity contribution >= 4 is 11.8 Å². The zero-order valence-corrected chi connectivity index (χ0v) is 10.2. The van der Waals surface area contributed by atoms with Crippen molar-refractivity contribution in [1.82, 2.24) is 5.32 Å². The number of thioether (sulfide) groups is 1. The van der Waals surface area contributed by atoms with Crippen LogP contribution in [0.25, 0.3) is 0 Å². The minimum absolute atomic E-state index is 0.657. The van der Waals surface area contributed by atoms with Gasteiger partial charge in [-0.2, -0.15) is 11.8 Å². The van der Waals surface area contributed by atoms with Crippen LogP contribution in [0, 0.1) is 5.92 Å². The van der Waals surface area contributed by atoms with E-state index >= 15 is 0 Å². The molecule has 0 amide bonds. The van der Waals surface area contributed by atoms with Gasteiger partial charge in [0.2, 0.25) is 0 Å². The zero-order valence-electron chi connectivity index (χ0n) is 9.42. The molecule has 0 spiro atoms. The summed E-state index contributed by atoms with van der Waals surface area (Å²) in [5, 5.41) is 3.59. The van der Waals surface area contributed by atoms with Gasteiger partial charge < -0.3 is 10.1 Å². The highest BCUT2D eigenvalue weighted by molar-refractivity contribution is 7.98. The Hall–Kier alpha value is 0.270. The van der Waals surface area contributed by atoms with E-state index in [2.05, 4.69) is 18.5 Å². The van der Waals surface area contributed by atoms with E-state index in [1.54, 1.807) is 0 Å². The van der Waals surface area contributed by atoms with Crippen LogP contribution in [0.4, 0.5) is 0 Å². The van der Waals surface area contributed by atoms with Gasteiger partial charge in [0.05, 0.1) is 6.61 Å². The van der Waals surface area contributed by atoms with E-state index in [0.717, 1.165) is 25.7 Å². The molecular weight excluding hydrogens is 194 g/mol. The zero-order chi connectivity index (χ0) is 10.2. The summed E-state index contributed by atoms with van der Waals surface area (Å²) in [7, 11) is 0. The van der Waals surface area contributed by atoms with Crippen molar-refractivity contribution in [1.29, 1.82) is 0 Å². The molecule has 0 radical (unpaired) electrons. The van der Waals surface area contributed by atoms with Crippen molar-refractivity contribution in [3.05, 3.63) is 0 Å². The number of hydrogen-bond acceptors (Lipinski definition) is 3. The first-order chi connectivity index (χ1) is 6.83. The molecule has 2 atom stereocenters. The SMILES string of the molecule is CSCCC(C)NCC1CCCOC1. The Morgan fingerprint density at radius 3 is 3.07 bits per heavy atom. The molecule has 1 rings (SSSR count). The molecule has 1 heterocycles. The molecule has 3 heteroatoms. The summed E-state index contributed by atoms with van der Waals surface area (Å²) < 4.78 is 5.45. The molecular formula is C11H23NOS. The standard InChI is InChI=1S/C11H23NOS/c1-10(5-7-14-2)12-8-11-4-3-6-13-9-11/h10-12H,3-9H2,1-2H3. The number of hydrogen-bond donors (Lipinski definition) is 1. The molecule has 84 valence electrons. The minimum Gasteiger partial charge on any atom is -0.381 e. The monoisotopic (exact) mass is 217 g/mol. The first kappa shape index (κ1) is 12.3. The lowest BCUT2D eigenvalue weighted by atomic mass is 10.0. The summed E-state index contributed by atoms with van der Waals surface area (Å²) in [6, 6.07) is 0.657. The van der Waals surface area contributed by atoms with Crippen LogP contribution in [0.15, 0.2) is 0 Å². The molecule has 0 aromatic heterocycles. The fourth-order valence-electron chi connectivity index (χ4n) is 1.73. The normalized spacial score (nSPS) is 24.9. The molecule has 1 saturated heterocycles. The van der Waals surface area contributed by atoms with Crippen molar-refractivity contribution in [3.8, 4) is 0 Å². The third-order valence-corrected chi connectivity index (χ3v) is 3.41. The first-order valence-electron chi connectivity index (χ1n) is 5.63. The van der Waals surface area contributed by atoms with Crippen molar-refractivity contribution in [3.63, 3.8) is 0 Å². The number of nitrogens with one attached hydrogen (secondary N) is 1. The predicted octanol–water partition coefficient (Wildman–Crippen LogP) is 2.14. The fraction of sp³-hybridized carbons (Fsp3) is 1.00. The van der Waals surface area contributed by atoms with E-state index in [4.69, 9.17) is 4.74 Å². The summed E-state index contributed by atoms with van der Waals surface area (Å²) in [6.07, 6.45) is 6.02. The Kier molecular flexibility index (Phi) is 6.65. The quantitative estimate of drug-likeness (QED) is 0.736. The molecule has 0 aromatic carbocycles. The Balaban J connectivity index is 2.00. The van der Waals surface area contributed by atoms with E-state index in [-0.39, 0.29) is 0 Å². The molecule has 2 unspecified atom stereocenters. The van der Waals surface area contributed by atoms with Crippen molar-refractivity contribution in [2.75, 3.05) is 31.8 Å². The van der Waals surface area contributed by atoms with Gasteiger partial charge in [0, 0.05) is 19.2 Å². The molecule has 0 aromatic rings. The second-order valence-corrected chi connectivity index (χ2v) is 5.16. The smallest absolute Gasteiger partial charge is 0.0506 e. The number of rotatable bonds is 6. The van der Waals surface area contributed by atoms with Gasteiger partial charge in [-0.3, -0.25) is 0 Å². The summed E-state index contributed by atoms with van der Waals surface area (Å²) in [6.45, 7) is 5.34. The Bertz CT molecular complexity index is 137. The van der Waals surface area contributed by atoms with Crippen LogP contribution in [0.1, 0.15) is 26.2 Å². The van der Waals surface area contributed by atoms with Gasteiger partial charge in [-0.15, -0.1) is 0 Å². The molecule has 0 bridgehead atoms. The third kappa shape index (κ3) is 5.23. The summed E-state index contributed by atoms with van der Waals surface area (Å²) >= 11 is 1.93. The van der Waals surface area contributed by atoms with Gasteiger partial charge in [-0.05, 0) is 44.1 Å². The molecule has 1 aliphatic heterocycles. The average Bonchev–Trinajstić information content (AvgIpc) is 2.25. The second-order valence-electron chi connectivity index (χ2n) is 4.17. The van der Waals surface area contributed by atoms with E-state index < -0.39 is 0 Å². The molecule has 14 heavy (non-hydrogen) atoms. The van der Waals surface area contributed by atoms with Crippen LogP contribution in [-0.4, -0.2) is 37.8 Å². The van der Waals surface area contributed by atoms with Gasteiger partial charge in [-0.25, -0.2) is 0 Å². The Labute approximate surface area is 92.2 Å². The van der Waals surface area contributed by atoms with E-state index in [9.17, 15) is 0 Å². The van der Waals surface area contributed by atoms with Gasteiger partial charge in [-0.1, -0.05) is 0 Å². The summed E-state index contributed by atoms with van der Waals surface area (Å²) in [5.41, 5.74) is 0. The van der Waals surface area contributed by atoms with Gasteiger partial charge >= 0.3 is 0 Å². The Morgan fingerprint density at radius 1 is 1.57 bits per heavy atom. The largest absolute Gasteiger partial charge is 0.381 e. The fourth-order valence-corrected chi connectivity index (χ4v) is 2.32. The van der Waals surface area contributed by atoms with Crippen LogP contribution in [-0.2, 0) is 4.74 Å². The van der Waals surface area contributed by atoms with Crippen molar-refractivity contribution in [2.45, 2.75) is 32.2 Å². The van der Waals surface area contributed by atoms with E-state index in [1.165, 1.54) is 25.0 Å². The number of ether oxygens (including phenoxy) is 1. The highest BCUT2D eigenvalue weighted by Crippen LogP contribution is 2.12. The molecule has 0 saturated carbocycles. The average molecular weight is 217 g/mol. The van der Waals surface area contributed by atoms with Crippen molar-refractivity contribution < 1.29 is 4.74 Å². The van der Waals surface area contributed by atoms with Gasteiger partial charge in [0.25, 0.3) is 0 Å².